The molecule has 2 atom stereocenters. The number of carboxylic acids is 1. The minimum atomic E-state index is -4.40. The first-order valence-electron chi connectivity index (χ1n) is 14.3. The van der Waals surface area contributed by atoms with Gasteiger partial charge < -0.3 is 29.1 Å². The highest BCUT2D eigenvalue weighted by atomic mass is 32.2. The van der Waals surface area contributed by atoms with E-state index in [2.05, 4.69) is 4.72 Å². The van der Waals surface area contributed by atoms with E-state index in [9.17, 15) is 23.1 Å². The van der Waals surface area contributed by atoms with Crippen LogP contribution in [0.15, 0.2) is 59.5 Å². The van der Waals surface area contributed by atoms with Gasteiger partial charge in [-0.25, -0.2) is 13.2 Å². The minimum absolute atomic E-state index is 0.0377. The van der Waals surface area contributed by atoms with Gasteiger partial charge in [-0.2, -0.15) is 0 Å². The zero-order valence-corrected chi connectivity index (χ0v) is 26.0. The second kappa shape index (κ2) is 12.7. The molecule has 0 bridgehead atoms. The predicted molar refractivity (Wildman–Crippen MR) is 164 cm³/mol. The van der Waals surface area contributed by atoms with Crippen molar-refractivity contribution < 1.29 is 37.3 Å². The summed E-state index contributed by atoms with van der Waals surface area (Å²) >= 11 is 0. The van der Waals surface area contributed by atoms with Crippen LogP contribution in [0.3, 0.4) is 0 Å². The Hall–Kier alpha value is -4.29. The van der Waals surface area contributed by atoms with Gasteiger partial charge in [0.05, 0.1) is 32.1 Å². The first-order chi connectivity index (χ1) is 21.0. The van der Waals surface area contributed by atoms with Crippen LogP contribution < -0.4 is 18.9 Å². The molecule has 0 radical (unpaired) electrons. The highest BCUT2D eigenvalue weighted by molar-refractivity contribution is 7.92. The van der Waals surface area contributed by atoms with Crippen LogP contribution in [0.2, 0.25) is 0 Å². The number of carbonyl (C=O) groups is 2. The summed E-state index contributed by atoms with van der Waals surface area (Å²) in [5.74, 6) is 0.126. The number of benzene rings is 3. The van der Waals surface area contributed by atoms with E-state index < -0.39 is 21.9 Å². The van der Waals surface area contributed by atoms with Gasteiger partial charge in [-0.15, -0.1) is 0 Å². The van der Waals surface area contributed by atoms with Crippen molar-refractivity contribution in [3.8, 4) is 17.2 Å². The number of carboxylic acid groups (broad SMARTS) is 1. The highest BCUT2D eigenvalue weighted by Crippen LogP contribution is 2.55. The quantitative estimate of drug-likeness (QED) is 0.286. The lowest BCUT2D eigenvalue weighted by Crippen LogP contribution is -2.34. The Balaban J connectivity index is 1.48. The molecule has 44 heavy (non-hydrogen) atoms. The number of carbonyl (C=O) groups excluding carboxylic acids is 1. The zero-order chi connectivity index (χ0) is 31.6. The fraction of sp³-hybridized carbons (Fsp3) is 0.375. The third-order valence-corrected chi connectivity index (χ3v) is 9.42. The van der Waals surface area contributed by atoms with E-state index in [-0.39, 0.29) is 39.9 Å². The average Bonchev–Trinajstić information content (AvgIpc) is 3.80. The average molecular weight is 624 g/mol. The van der Waals surface area contributed by atoms with Crippen molar-refractivity contribution in [2.45, 2.75) is 30.2 Å². The number of amides is 1. The molecule has 12 heteroatoms. The Morgan fingerprint density at radius 1 is 1.05 bits per heavy atom. The molecule has 1 amide bonds. The van der Waals surface area contributed by atoms with Crippen molar-refractivity contribution in [3.63, 3.8) is 0 Å². The number of sulfonamides is 1. The number of anilines is 1. The third kappa shape index (κ3) is 6.46. The second-order valence-corrected chi connectivity index (χ2v) is 12.9. The fourth-order valence-corrected chi connectivity index (χ4v) is 6.88. The second-order valence-electron chi connectivity index (χ2n) is 11.3. The number of aromatic carboxylic acids is 1. The number of methoxy groups -OCH3 is 2. The molecule has 11 nitrogen and oxygen atoms in total. The maximum Gasteiger partial charge on any atom is 0.341 e. The maximum atomic E-state index is 14.1. The summed E-state index contributed by atoms with van der Waals surface area (Å²) in [4.78, 5) is 29.8. The van der Waals surface area contributed by atoms with Crippen LogP contribution in [0.25, 0.3) is 0 Å². The van der Waals surface area contributed by atoms with E-state index in [1.165, 1.54) is 31.4 Å². The van der Waals surface area contributed by atoms with Crippen LogP contribution in [0.5, 0.6) is 17.2 Å². The molecule has 1 heterocycles. The topological polar surface area (TPSA) is 135 Å². The van der Waals surface area contributed by atoms with Crippen LogP contribution in [0.1, 0.15) is 50.6 Å². The lowest BCUT2D eigenvalue weighted by Gasteiger charge is -2.26. The van der Waals surface area contributed by atoms with Crippen LogP contribution in [0, 0.1) is 5.92 Å². The molecule has 3 aromatic rings. The number of hydrogen-bond donors (Lipinski definition) is 2. The Morgan fingerprint density at radius 2 is 1.82 bits per heavy atom. The van der Waals surface area contributed by atoms with Gasteiger partial charge in [0, 0.05) is 30.6 Å². The number of ether oxygens (including phenoxy) is 3. The standard InChI is InChI=1S/C32H37N3O8S/c1-34(2)14-7-15-35(18-20-10-11-22(41-3)17-27(20)42-4)31(36)24-8-5-6-9-28(24)44(39,40)33-26-13-12-23-25-16-21(25)19-43-30(23)29(26)32(37)38/h5-6,8-13,17,21,25,33H,7,14-16,18-19H2,1-4H3,(H,37,38). The van der Waals surface area contributed by atoms with Crippen molar-refractivity contribution in [3.05, 3.63) is 76.9 Å². The first-order valence-corrected chi connectivity index (χ1v) is 15.8. The summed E-state index contributed by atoms with van der Waals surface area (Å²) in [6, 6.07) is 14.4. The molecule has 2 aliphatic rings. The van der Waals surface area contributed by atoms with E-state index in [1.54, 1.807) is 36.3 Å². The van der Waals surface area contributed by atoms with Crippen LogP contribution in [-0.4, -0.2) is 83.2 Å². The van der Waals surface area contributed by atoms with Crippen molar-refractivity contribution in [2.24, 2.45) is 5.92 Å². The molecule has 1 saturated carbocycles. The van der Waals surface area contributed by atoms with Crippen LogP contribution in [0.4, 0.5) is 5.69 Å². The van der Waals surface area contributed by atoms with Gasteiger partial charge in [0.2, 0.25) is 0 Å². The molecule has 0 saturated heterocycles. The maximum absolute atomic E-state index is 14.1. The number of nitrogens with zero attached hydrogens (tertiary/aromatic N) is 2. The largest absolute Gasteiger partial charge is 0.497 e. The monoisotopic (exact) mass is 623 g/mol. The summed E-state index contributed by atoms with van der Waals surface area (Å²) in [6.07, 6.45) is 1.56. The first kappa shape index (κ1) is 31.1. The molecule has 1 fully saturated rings. The van der Waals surface area contributed by atoms with Crippen molar-refractivity contribution in [1.29, 1.82) is 0 Å². The summed E-state index contributed by atoms with van der Waals surface area (Å²) in [5.41, 5.74) is 1.10. The van der Waals surface area contributed by atoms with Gasteiger partial charge in [-0.3, -0.25) is 9.52 Å². The van der Waals surface area contributed by atoms with Crippen molar-refractivity contribution >= 4 is 27.6 Å². The number of fused-ring (bicyclic) bond motifs is 3. The lowest BCUT2D eigenvalue weighted by molar-refractivity contribution is 0.0690. The number of hydrogen-bond acceptors (Lipinski definition) is 8. The molecule has 2 unspecified atom stereocenters. The molecule has 3 aromatic carbocycles. The molecule has 1 aliphatic carbocycles. The summed E-state index contributed by atoms with van der Waals surface area (Å²) < 4.78 is 46.7. The smallest absolute Gasteiger partial charge is 0.341 e. The Morgan fingerprint density at radius 3 is 2.52 bits per heavy atom. The van der Waals surface area contributed by atoms with Crippen molar-refractivity contribution in [2.75, 3.05) is 52.7 Å². The minimum Gasteiger partial charge on any atom is -0.497 e. The van der Waals surface area contributed by atoms with E-state index in [0.29, 0.717) is 43.5 Å². The van der Waals surface area contributed by atoms with Crippen molar-refractivity contribution in [1.82, 2.24) is 9.80 Å². The van der Waals surface area contributed by atoms with Gasteiger partial charge in [-0.05, 0) is 75.3 Å². The Bertz CT molecular complexity index is 1670. The fourth-order valence-electron chi connectivity index (χ4n) is 5.61. The highest BCUT2D eigenvalue weighted by Gasteiger charge is 2.45. The molecule has 0 spiro atoms. The van der Waals surface area contributed by atoms with Gasteiger partial charge in [0.15, 0.2) is 0 Å². The Labute approximate surface area is 257 Å². The molecule has 1 aliphatic heterocycles. The third-order valence-electron chi connectivity index (χ3n) is 7.99. The zero-order valence-electron chi connectivity index (χ0n) is 25.2. The van der Waals surface area contributed by atoms with Gasteiger partial charge >= 0.3 is 5.97 Å². The number of nitrogens with one attached hydrogen (secondary N) is 1. The van der Waals surface area contributed by atoms with E-state index in [0.717, 1.165) is 17.5 Å². The summed E-state index contributed by atoms with van der Waals surface area (Å²) in [7, 11) is 2.55. The molecule has 2 N–H and O–H groups in total. The molecule has 5 rings (SSSR count). The predicted octanol–water partition coefficient (Wildman–Crippen LogP) is 4.29. The molecular formula is C32H37N3O8S. The molecular weight excluding hydrogens is 586 g/mol. The van der Waals surface area contributed by atoms with Gasteiger partial charge in [-0.1, -0.05) is 18.2 Å². The Kier molecular flexibility index (Phi) is 9.02. The van der Waals surface area contributed by atoms with Gasteiger partial charge in [0.1, 0.15) is 27.7 Å². The SMILES string of the molecule is COc1ccc(CN(CCCN(C)C)C(=O)c2ccccc2S(=O)(=O)Nc2ccc3c(c2C(=O)O)OCC2CC32)c(OC)c1. The van der Waals surface area contributed by atoms with E-state index in [1.807, 2.05) is 25.1 Å². The van der Waals surface area contributed by atoms with Crippen LogP contribution >= 0.6 is 0 Å². The molecule has 0 aromatic heterocycles. The summed E-state index contributed by atoms with van der Waals surface area (Å²) in [6.45, 7) is 1.62. The number of rotatable bonds is 13. The van der Waals surface area contributed by atoms with Gasteiger partial charge in [0.25, 0.3) is 15.9 Å². The normalized spacial score (nSPS) is 16.8. The summed E-state index contributed by atoms with van der Waals surface area (Å²) in [5, 5.41) is 10.0. The van der Waals surface area contributed by atoms with E-state index >= 15 is 0 Å². The van der Waals surface area contributed by atoms with E-state index in [4.69, 9.17) is 14.2 Å². The van der Waals surface area contributed by atoms with Crippen LogP contribution in [-0.2, 0) is 16.6 Å². The lowest BCUT2D eigenvalue weighted by atomic mass is 10.0. The molecule has 234 valence electrons.